The average molecular weight is 478 g/mol. The maximum atomic E-state index is 13.0. The van der Waals surface area contributed by atoms with Crippen molar-refractivity contribution in [3.05, 3.63) is 55.9 Å². The number of carbonyl (C=O) groups is 1. The maximum Gasteiger partial charge on any atom is 0.416 e. The molecule has 1 amide bonds. The summed E-state index contributed by atoms with van der Waals surface area (Å²) in [6.45, 7) is 1.76. The van der Waals surface area contributed by atoms with Crippen LogP contribution >= 0.6 is 11.3 Å². The highest BCUT2D eigenvalue weighted by molar-refractivity contribution is 7.20. The molecule has 1 aromatic carbocycles. The highest BCUT2D eigenvalue weighted by atomic mass is 32.1. The molecule has 0 atom stereocenters. The number of alkyl halides is 6. The van der Waals surface area contributed by atoms with E-state index in [1.807, 2.05) is 0 Å². The van der Waals surface area contributed by atoms with Gasteiger partial charge in [0, 0.05) is 5.69 Å². The third kappa shape index (κ3) is 4.93. The molecular weight excluding hydrogens is 462 g/mol. The third-order valence-corrected chi connectivity index (χ3v) is 5.55. The van der Waals surface area contributed by atoms with E-state index in [4.69, 9.17) is 0 Å². The number of thiophene rings is 1. The summed E-state index contributed by atoms with van der Waals surface area (Å²) in [7, 11) is 3.51. The molecule has 0 aliphatic carbocycles. The van der Waals surface area contributed by atoms with Gasteiger partial charge in [0.25, 0.3) is 11.5 Å². The smallest absolute Gasteiger partial charge is 0.321 e. The fourth-order valence-corrected chi connectivity index (χ4v) is 4.09. The molecule has 2 N–H and O–H groups in total. The fraction of sp³-hybridized carbons (Fsp3) is 0.316. The number of H-pyrrole nitrogens is 1. The number of fused-ring (bicyclic) bond motifs is 1. The molecule has 0 radical (unpaired) electrons. The first-order chi connectivity index (χ1) is 14.7. The van der Waals surface area contributed by atoms with Gasteiger partial charge < -0.3 is 15.2 Å². The van der Waals surface area contributed by atoms with E-state index < -0.39 is 40.6 Å². The highest BCUT2D eigenvalue weighted by Gasteiger charge is 2.37. The number of carbonyl (C=O) groups excluding carboxylic acids is 1. The molecule has 0 aliphatic rings. The van der Waals surface area contributed by atoms with Crippen molar-refractivity contribution in [2.45, 2.75) is 25.8 Å². The summed E-state index contributed by atoms with van der Waals surface area (Å²) < 4.78 is 78.3. The lowest BCUT2D eigenvalue weighted by Gasteiger charge is -2.14. The van der Waals surface area contributed by atoms with E-state index in [1.165, 1.54) is 6.92 Å². The van der Waals surface area contributed by atoms with Crippen molar-refractivity contribution >= 4 is 33.1 Å². The summed E-state index contributed by atoms with van der Waals surface area (Å²) in [5.41, 5.74) is -4.07. The van der Waals surface area contributed by atoms with Crippen LogP contribution in [0, 0.1) is 6.92 Å². The van der Waals surface area contributed by atoms with E-state index >= 15 is 0 Å². The molecule has 6 nitrogen and oxygen atoms in total. The number of hydrogen-bond acceptors (Lipinski definition) is 5. The second-order valence-electron chi connectivity index (χ2n) is 7.24. The minimum Gasteiger partial charge on any atom is -0.321 e. The summed E-state index contributed by atoms with van der Waals surface area (Å²) >= 11 is 0.820. The first-order valence-corrected chi connectivity index (χ1v) is 9.76. The van der Waals surface area contributed by atoms with Gasteiger partial charge in [-0.2, -0.15) is 26.3 Å². The lowest BCUT2D eigenvalue weighted by atomic mass is 10.1. The van der Waals surface area contributed by atoms with Gasteiger partial charge in [0.1, 0.15) is 10.7 Å². The second-order valence-corrected chi connectivity index (χ2v) is 8.23. The van der Waals surface area contributed by atoms with E-state index in [0.717, 1.165) is 11.3 Å². The number of halogens is 6. The Bertz CT molecular complexity index is 1210. The van der Waals surface area contributed by atoms with Crippen molar-refractivity contribution in [1.82, 2.24) is 14.9 Å². The predicted octanol–water partition coefficient (Wildman–Crippen LogP) is 4.64. The van der Waals surface area contributed by atoms with E-state index in [9.17, 15) is 35.9 Å². The molecule has 2 aromatic heterocycles. The number of hydrogen-bond donors (Lipinski definition) is 2. The van der Waals surface area contributed by atoms with Crippen LogP contribution < -0.4 is 10.9 Å². The quantitative estimate of drug-likeness (QED) is 0.536. The third-order valence-electron chi connectivity index (χ3n) is 4.37. The number of nitrogens with zero attached hydrogens (tertiary/aromatic N) is 2. The van der Waals surface area contributed by atoms with Crippen LogP contribution in [0.2, 0.25) is 0 Å². The summed E-state index contributed by atoms with van der Waals surface area (Å²) in [6.07, 6.45) is -10.1. The molecule has 0 saturated carbocycles. The zero-order valence-corrected chi connectivity index (χ0v) is 17.6. The summed E-state index contributed by atoms with van der Waals surface area (Å²) in [5, 5.41) is 2.20. The fourth-order valence-electron chi connectivity index (χ4n) is 2.99. The van der Waals surface area contributed by atoms with E-state index in [1.54, 1.807) is 19.0 Å². The van der Waals surface area contributed by atoms with Gasteiger partial charge in [-0.3, -0.25) is 9.59 Å². The molecule has 2 heterocycles. The molecule has 3 aromatic rings. The summed E-state index contributed by atoms with van der Waals surface area (Å²) in [4.78, 5) is 33.9. The van der Waals surface area contributed by atoms with Crippen LogP contribution in [0.15, 0.2) is 23.0 Å². The number of amides is 1. The standard InChI is InChI=1S/C19H16F6N4O2S/c1-8-13-15(30)27-12(7-29(2)3)28-17(13)32-14(8)16(31)26-11-5-9(18(20,21)22)4-10(6-11)19(23,24)25/h4-6H,7H2,1-3H3,(H,26,31)(H,27,28,30). The predicted molar refractivity (Wildman–Crippen MR) is 107 cm³/mol. The highest BCUT2D eigenvalue weighted by Crippen LogP contribution is 2.38. The molecule has 0 spiro atoms. The van der Waals surface area contributed by atoms with Crippen LogP contribution in [0.25, 0.3) is 10.2 Å². The van der Waals surface area contributed by atoms with Crippen LogP contribution in [0.1, 0.15) is 32.2 Å². The topological polar surface area (TPSA) is 78.1 Å². The number of rotatable bonds is 4. The Kier molecular flexibility index (Phi) is 6.08. The number of aromatic nitrogens is 2. The van der Waals surface area contributed by atoms with Gasteiger partial charge in [0.05, 0.1) is 27.9 Å². The van der Waals surface area contributed by atoms with Gasteiger partial charge >= 0.3 is 12.4 Å². The minimum atomic E-state index is -5.05. The van der Waals surface area contributed by atoms with Crippen LogP contribution in [-0.4, -0.2) is 34.9 Å². The van der Waals surface area contributed by atoms with Crippen molar-refractivity contribution in [2.75, 3.05) is 19.4 Å². The van der Waals surface area contributed by atoms with Gasteiger partial charge in [-0.05, 0) is 44.8 Å². The molecule has 13 heteroatoms. The minimum absolute atomic E-state index is 0.0317. The SMILES string of the molecule is Cc1c(C(=O)Nc2cc(C(F)(F)F)cc(C(F)(F)F)c2)sc2nc(CN(C)C)[nH]c(=O)c12. The Morgan fingerprint density at radius 3 is 2.16 bits per heavy atom. The summed E-state index contributed by atoms with van der Waals surface area (Å²) in [6, 6.07) is 0.794. The van der Waals surface area contributed by atoms with Crippen LogP contribution in [0.4, 0.5) is 32.0 Å². The first-order valence-electron chi connectivity index (χ1n) is 8.94. The van der Waals surface area contributed by atoms with Gasteiger partial charge in [-0.1, -0.05) is 0 Å². The Labute approximate surface area is 180 Å². The molecule has 0 bridgehead atoms. The Morgan fingerprint density at radius 1 is 1.09 bits per heavy atom. The van der Waals surface area contributed by atoms with E-state index in [0.29, 0.717) is 24.5 Å². The zero-order valence-electron chi connectivity index (χ0n) is 16.8. The average Bonchev–Trinajstić information content (AvgIpc) is 2.96. The molecular formula is C19H16F6N4O2S. The van der Waals surface area contributed by atoms with Gasteiger partial charge in [-0.15, -0.1) is 11.3 Å². The second kappa shape index (κ2) is 8.20. The molecule has 172 valence electrons. The van der Waals surface area contributed by atoms with Crippen molar-refractivity contribution < 1.29 is 31.1 Å². The van der Waals surface area contributed by atoms with E-state index in [2.05, 4.69) is 15.3 Å². The largest absolute Gasteiger partial charge is 0.416 e. The van der Waals surface area contributed by atoms with Crippen molar-refractivity contribution in [3.8, 4) is 0 Å². The Balaban J connectivity index is 2.03. The van der Waals surface area contributed by atoms with Crippen LogP contribution in [-0.2, 0) is 18.9 Å². The lowest BCUT2D eigenvalue weighted by molar-refractivity contribution is -0.143. The normalized spacial score (nSPS) is 12.6. The molecule has 0 unspecified atom stereocenters. The molecule has 0 saturated heterocycles. The van der Waals surface area contributed by atoms with E-state index in [-0.39, 0.29) is 26.7 Å². The zero-order chi connectivity index (χ0) is 24.0. The number of benzene rings is 1. The first kappa shape index (κ1) is 23.7. The lowest BCUT2D eigenvalue weighted by Crippen LogP contribution is -2.18. The molecule has 0 aliphatic heterocycles. The number of nitrogens with one attached hydrogen (secondary N) is 2. The van der Waals surface area contributed by atoms with Crippen molar-refractivity contribution in [2.24, 2.45) is 0 Å². The maximum absolute atomic E-state index is 13.0. The molecule has 0 fully saturated rings. The van der Waals surface area contributed by atoms with Crippen molar-refractivity contribution in [1.29, 1.82) is 0 Å². The van der Waals surface area contributed by atoms with Crippen molar-refractivity contribution in [3.63, 3.8) is 0 Å². The number of aryl methyl sites for hydroxylation is 1. The van der Waals surface area contributed by atoms with Gasteiger partial charge in [-0.25, -0.2) is 4.98 Å². The number of anilines is 1. The van der Waals surface area contributed by atoms with Crippen LogP contribution in [0.5, 0.6) is 0 Å². The van der Waals surface area contributed by atoms with Crippen LogP contribution in [0.3, 0.4) is 0 Å². The summed E-state index contributed by atoms with van der Waals surface area (Å²) in [5.74, 6) is -0.611. The monoisotopic (exact) mass is 478 g/mol. The molecule has 3 rings (SSSR count). The van der Waals surface area contributed by atoms with Gasteiger partial charge in [0.15, 0.2) is 0 Å². The Morgan fingerprint density at radius 2 is 1.66 bits per heavy atom. The van der Waals surface area contributed by atoms with Gasteiger partial charge in [0.2, 0.25) is 0 Å². The molecule has 32 heavy (non-hydrogen) atoms. The number of aromatic amines is 1. The Hall–Kier alpha value is -2.93.